The van der Waals surface area contributed by atoms with Crippen molar-refractivity contribution in [3.8, 4) is 0 Å². The minimum atomic E-state index is 0.426. The Labute approximate surface area is 223 Å². The Kier molecular flexibility index (Phi) is 8.35. The van der Waals surface area contributed by atoms with Crippen LogP contribution in [0.25, 0.3) is 0 Å². The van der Waals surface area contributed by atoms with Crippen molar-refractivity contribution in [3.63, 3.8) is 0 Å². The Hall–Kier alpha value is -4.96. The summed E-state index contributed by atoms with van der Waals surface area (Å²) in [6.45, 7) is 0.852. The van der Waals surface area contributed by atoms with Crippen LogP contribution in [0, 0.1) is 0 Å². The van der Waals surface area contributed by atoms with Gasteiger partial charge in [0.05, 0.1) is 11.4 Å². The Balaban J connectivity index is 1.42. The van der Waals surface area contributed by atoms with Crippen LogP contribution in [0.1, 0.15) is 22.3 Å². The molecule has 0 amide bonds. The SMILES string of the molecule is c1ccc(COC(=Nc2ccccc2)c2ccc(C(=Nc3ccccc3)OCc3ccccc3)cc2)cc1. The molecule has 0 unspecified atom stereocenters. The second-order valence-electron chi connectivity index (χ2n) is 8.63. The monoisotopic (exact) mass is 496 g/mol. The summed E-state index contributed by atoms with van der Waals surface area (Å²) in [6.07, 6.45) is 0. The lowest BCUT2D eigenvalue weighted by Crippen LogP contribution is -2.10. The van der Waals surface area contributed by atoms with Crippen molar-refractivity contribution in [1.82, 2.24) is 0 Å². The maximum absolute atomic E-state index is 6.21. The first-order chi connectivity index (χ1) is 18.8. The number of ether oxygens (including phenoxy) is 2. The molecule has 0 spiro atoms. The molecule has 0 radical (unpaired) electrons. The number of aliphatic imine (C=N–C) groups is 2. The van der Waals surface area contributed by atoms with E-state index in [0.717, 1.165) is 33.6 Å². The van der Waals surface area contributed by atoms with Gasteiger partial charge in [-0.1, -0.05) is 97.1 Å². The minimum absolute atomic E-state index is 0.426. The fraction of sp³-hybridized carbons (Fsp3) is 0.0588. The van der Waals surface area contributed by atoms with Gasteiger partial charge in [-0.15, -0.1) is 0 Å². The van der Waals surface area contributed by atoms with Crippen molar-refractivity contribution in [1.29, 1.82) is 0 Å². The van der Waals surface area contributed by atoms with Gasteiger partial charge in [0.2, 0.25) is 11.8 Å². The molecule has 0 aromatic heterocycles. The first-order valence-corrected chi connectivity index (χ1v) is 12.6. The summed E-state index contributed by atoms with van der Waals surface area (Å²) in [5, 5.41) is 0. The Morgan fingerprint density at radius 1 is 0.395 bits per heavy atom. The Morgan fingerprint density at radius 3 is 1.05 bits per heavy atom. The topological polar surface area (TPSA) is 43.2 Å². The predicted molar refractivity (Wildman–Crippen MR) is 154 cm³/mol. The van der Waals surface area contributed by atoms with E-state index in [1.807, 2.05) is 146 Å². The van der Waals surface area contributed by atoms with E-state index in [1.165, 1.54) is 0 Å². The second-order valence-corrected chi connectivity index (χ2v) is 8.63. The van der Waals surface area contributed by atoms with Crippen LogP contribution in [0.15, 0.2) is 156 Å². The molecule has 0 saturated carbocycles. The van der Waals surface area contributed by atoms with Crippen molar-refractivity contribution in [2.75, 3.05) is 0 Å². The molecule has 0 saturated heterocycles. The van der Waals surface area contributed by atoms with Crippen LogP contribution >= 0.6 is 0 Å². The third kappa shape index (κ3) is 7.05. The van der Waals surface area contributed by atoms with Crippen LogP contribution in [-0.4, -0.2) is 11.8 Å². The minimum Gasteiger partial charge on any atom is -0.472 e. The molecule has 0 bridgehead atoms. The van der Waals surface area contributed by atoms with E-state index in [4.69, 9.17) is 19.5 Å². The van der Waals surface area contributed by atoms with Gasteiger partial charge >= 0.3 is 0 Å². The first kappa shape index (κ1) is 24.7. The van der Waals surface area contributed by atoms with Crippen LogP contribution in [0.5, 0.6) is 0 Å². The van der Waals surface area contributed by atoms with Gasteiger partial charge in [-0.3, -0.25) is 0 Å². The van der Waals surface area contributed by atoms with Crippen LogP contribution in [0.4, 0.5) is 11.4 Å². The number of benzene rings is 5. The average Bonchev–Trinajstić information content (AvgIpc) is 2.99. The van der Waals surface area contributed by atoms with Gasteiger partial charge in [0, 0.05) is 11.1 Å². The quantitative estimate of drug-likeness (QED) is 0.160. The summed E-state index contributed by atoms with van der Waals surface area (Å²) in [5.74, 6) is 1.11. The zero-order valence-electron chi connectivity index (χ0n) is 21.0. The lowest BCUT2D eigenvalue weighted by Gasteiger charge is -2.13. The van der Waals surface area contributed by atoms with E-state index >= 15 is 0 Å². The molecule has 0 aliphatic carbocycles. The number of rotatable bonds is 8. The first-order valence-electron chi connectivity index (χ1n) is 12.6. The van der Waals surface area contributed by atoms with Gasteiger partial charge in [-0.05, 0) is 59.7 Å². The highest BCUT2D eigenvalue weighted by molar-refractivity contribution is 5.99. The largest absolute Gasteiger partial charge is 0.472 e. The van der Waals surface area contributed by atoms with Crippen molar-refractivity contribution in [2.45, 2.75) is 13.2 Å². The van der Waals surface area contributed by atoms with Gasteiger partial charge in [0.25, 0.3) is 0 Å². The second kappa shape index (κ2) is 12.8. The summed E-state index contributed by atoms with van der Waals surface area (Å²) in [5.41, 5.74) is 5.56. The summed E-state index contributed by atoms with van der Waals surface area (Å²) < 4.78 is 12.4. The van der Waals surface area contributed by atoms with Gasteiger partial charge in [-0.2, -0.15) is 0 Å². The Bertz CT molecular complexity index is 1350. The highest BCUT2D eigenvalue weighted by atomic mass is 16.5. The van der Waals surface area contributed by atoms with Crippen molar-refractivity contribution < 1.29 is 9.47 Å². The molecule has 5 rings (SSSR count). The predicted octanol–water partition coefficient (Wildman–Crippen LogP) is 8.28. The van der Waals surface area contributed by atoms with E-state index in [1.54, 1.807) is 0 Å². The number of hydrogen-bond acceptors (Lipinski definition) is 4. The lowest BCUT2D eigenvalue weighted by molar-refractivity contribution is 0.293. The van der Waals surface area contributed by atoms with E-state index in [2.05, 4.69) is 0 Å². The fourth-order valence-corrected chi connectivity index (χ4v) is 3.81. The van der Waals surface area contributed by atoms with Crippen molar-refractivity contribution in [2.24, 2.45) is 9.98 Å². The van der Waals surface area contributed by atoms with Gasteiger partial charge in [0.15, 0.2) is 0 Å². The Morgan fingerprint density at radius 2 is 0.711 bits per heavy atom. The normalized spacial score (nSPS) is 11.7. The molecular formula is C34H28N2O2. The molecule has 0 fully saturated rings. The van der Waals surface area contributed by atoms with Gasteiger partial charge < -0.3 is 9.47 Å². The summed E-state index contributed by atoms with van der Waals surface area (Å²) in [6, 6.07) is 47.8. The molecule has 4 nitrogen and oxygen atoms in total. The highest BCUT2D eigenvalue weighted by Gasteiger charge is 2.11. The highest BCUT2D eigenvalue weighted by Crippen LogP contribution is 2.19. The third-order valence-electron chi connectivity index (χ3n) is 5.79. The molecular weight excluding hydrogens is 468 g/mol. The average molecular weight is 497 g/mol. The van der Waals surface area contributed by atoms with Crippen LogP contribution in [0.2, 0.25) is 0 Å². The standard InChI is InChI=1S/C34H28N2O2/c1-5-13-27(14-6-1)25-37-33(35-31-17-9-3-10-18-31)29-21-23-30(24-22-29)34(36-32-19-11-4-12-20-32)38-26-28-15-7-2-8-16-28/h1-24H,25-26H2. The smallest absolute Gasteiger partial charge is 0.221 e. The van der Waals surface area contributed by atoms with E-state index in [0.29, 0.717) is 25.0 Å². The molecule has 0 N–H and O–H groups in total. The zero-order chi connectivity index (χ0) is 25.8. The maximum Gasteiger partial charge on any atom is 0.221 e. The third-order valence-corrected chi connectivity index (χ3v) is 5.79. The van der Waals surface area contributed by atoms with Crippen LogP contribution in [0.3, 0.4) is 0 Å². The number of hydrogen-bond donors (Lipinski definition) is 0. The molecule has 186 valence electrons. The van der Waals surface area contributed by atoms with E-state index < -0.39 is 0 Å². The van der Waals surface area contributed by atoms with Crippen molar-refractivity contribution in [3.05, 3.63) is 168 Å². The molecule has 38 heavy (non-hydrogen) atoms. The molecule has 4 heteroatoms. The molecule has 0 aliphatic heterocycles. The molecule has 5 aromatic rings. The number of para-hydroxylation sites is 2. The van der Waals surface area contributed by atoms with E-state index in [9.17, 15) is 0 Å². The zero-order valence-corrected chi connectivity index (χ0v) is 21.0. The lowest BCUT2D eigenvalue weighted by atomic mass is 10.1. The maximum atomic E-state index is 6.21. The van der Waals surface area contributed by atoms with Gasteiger partial charge in [-0.25, -0.2) is 9.98 Å². The number of nitrogens with zero attached hydrogens (tertiary/aromatic N) is 2. The molecule has 0 aliphatic rings. The van der Waals surface area contributed by atoms with E-state index in [-0.39, 0.29) is 0 Å². The summed E-state index contributed by atoms with van der Waals surface area (Å²) in [4.78, 5) is 9.59. The van der Waals surface area contributed by atoms with Crippen molar-refractivity contribution >= 4 is 23.2 Å². The summed E-state index contributed by atoms with van der Waals surface area (Å²) >= 11 is 0. The summed E-state index contributed by atoms with van der Waals surface area (Å²) in [7, 11) is 0. The van der Waals surface area contributed by atoms with Gasteiger partial charge in [0.1, 0.15) is 13.2 Å². The molecule has 0 atom stereocenters. The molecule has 0 heterocycles. The fourth-order valence-electron chi connectivity index (χ4n) is 3.81. The molecule has 5 aromatic carbocycles. The van der Waals surface area contributed by atoms with Crippen LogP contribution in [-0.2, 0) is 22.7 Å². The van der Waals surface area contributed by atoms with Crippen LogP contribution < -0.4 is 0 Å².